The Morgan fingerprint density at radius 3 is 2.31 bits per heavy atom. The van der Waals surface area contributed by atoms with Gasteiger partial charge in [0, 0.05) is 0 Å². The number of rotatable bonds is 7. The summed E-state index contributed by atoms with van der Waals surface area (Å²) < 4.78 is 0. The normalized spacial score (nSPS) is 16.3. The molecule has 0 aliphatic heterocycles. The Bertz CT molecular complexity index is 124. The summed E-state index contributed by atoms with van der Waals surface area (Å²) in [5, 5.41) is 0. The van der Waals surface area contributed by atoms with E-state index < -0.39 is 0 Å². The molecule has 0 amide bonds. The number of hydrogen-bond donors (Lipinski definition) is 0. The lowest BCUT2D eigenvalue weighted by atomic mass is 9.90. The molecule has 0 radical (unpaired) electrons. The predicted molar refractivity (Wildman–Crippen MR) is 61.9 cm³/mol. The van der Waals surface area contributed by atoms with E-state index in [2.05, 4.69) is 39.8 Å². The zero-order chi connectivity index (χ0) is 10.1. The average Bonchev–Trinajstić information content (AvgIpc) is 2.12. The van der Waals surface area contributed by atoms with Crippen LogP contribution in [-0.2, 0) is 0 Å². The third-order valence-corrected chi connectivity index (χ3v) is 2.91. The molecule has 13 heavy (non-hydrogen) atoms. The smallest absolute Gasteiger partial charge is 0.0236 e. The first kappa shape index (κ1) is 12.7. The van der Waals surface area contributed by atoms with Gasteiger partial charge in [-0.25, -0.2) is 0 Å². The number of allylic oxidation sites excluding steroid dienone is 2. The van der Waals surface area contributed by atoms with Crippen LogP contribution in [0.25, 0.3) is 0 Å². The molecule has 0 spiro atoms. The van der Waals surface area contributed by atoms with E-state index in [4.69, 9.17) is 0 Å². The minimum Gasteiger partial charge on any atom is -0.0914 e. The van der Waals surface area contributed by atoms with Crippen molar-refractivity contribution in [3.8, 4) is 0 Å². The van der Waals surface area contributed by atoms with Crippen LogP contribution in [0.3, 0.4) is 0 Å². The minimum atomic E-state index is 0.756. The minimum absolute atomic E-state index is 0.756. The maximum atomic E-state index is 2.37. The molecule has 0 heteroatoms. The van der Waals surface area contributed by atoms with E-state index >= 15 is 0 Å². The van der Waals surface area contributed by atoms with Gasteiger partial charge in [0.1, 0.15) is 0 Å². The molecule has 0 N–H and O–H groups in total. The molecule has 0 fully saturated rings. The molecule has 0 aromatic carbocycles. The van der Waals surface area contributed by atoms with Gasteiger partial charge >= 0.3 is 0 Å². The third-order valence-electron chi connectivity index (χ3n) is 2.91. The predicted octanol–water partition coefficient (Wildman–Crippen LogP) is 4.81. The summed E-state index contributed by atoms with van der Waals surface area (Å²) >= 11 is 0. The second-order valence-corrected chi connectivity index (χ2v) is 4.21. The van der Waals surface area contributed by atoms with Crippen LogP contribution in [0.5, 0.6) is 0 Å². The van der Waals surface area contributed by atoms with E-state index in [0.29, 0.717) is 0 Å². The standard InChI is InChI=1S/C13H26/c1-5-7-8-9-11-13(4)12(3)10-6-2/h6,10,12-13H,5,7-9,11H2,1-4H3/b10-6-/t12-,13-/m1/s1. The quantitative estimate of drug-likeness (QED) is 0.392. The van der Waals surface area contributed by atoms with E-state index in [1.54, 1.807) is 0 Å². The maximum absolute atomic E-state index is 2.37. The first-order valence-corrected chi connectivity index (χ1v) is 5.85. The van der Waals surface area contributed by atoms with Crippen LogP contribution < -0.4 is 0 Å². The summed E-state index contributed by atoms with van der Waals surface area (Å²) in [5.74, 6) is 1.61. The molecule has 0 saturated heterocycles. The fraction of sp³-hybridized carbons (Fsp3) is 0.846. The van der Waals surface area contributed by atoms with Gasteiger partial charge in [-0.1, -0.05) is 65.0 Å². The molecule has 0 unspecified atom stereocenters. The van der Waals surface area contributed by atoms with Crippen molar-refractivity contribution in [1.82, 2.24) is 0 Å². The summed E-state index contributed by atoms with van der Waals surface area (Å²) in [6, 6.07) is 0. The second-order valence-electron chi connectivity index (χ2n) is 4.21. The number of unbranched alkanes of at least 4 members (excludes halogenated alkanes) is 3. The highest BCUT2D eigenvalue weighted by Crippen LogP contribution is 2.19. The molecule has 0 aliphatic rings. The number of hydrogen-bond acceptors (Lipinski definition) is 0. The highest BCUT2D eigenvalue weighted by molar-refractivity contribution is 4.85. The Kier molecular flexibility index (Phi) is 8.18. The zero-order valence-electron chi connectivity index (χ0n) is 9.84. The lowest BCUT2D eigenvalue weighted by Gasteiger charge is -2.15. The third kappa shape index (κ3) is 6.86. The van der Waals surface area contributed by atoms with E-state index in [1.165, 1.54) is 32.1 Å². The largest absolute Gasteiger partial charge is 0.0914 e. The highest BCUT2D eigenvalue weighted by Gasteiger charge is 2.07. The van der Waals surface area contributed by atoms with Gasteiger partial charge in [-0.3, -0.25) is 0 Å². The summed E-state index contributed by atoms with van der Waals surface area (Å²) in [6.07, 6.45) is 11.5. The molecule has 0 aromatic rings. The fourth-order valence-electron chi connectivity index (χ4n) is 1.65. The Labute approximate surface area is 84.4 Å². The van der Waals surface area contributed by atoms with E-state index in [-0.39, 0.29) is 0 Å². The van der Waals surface area contributed by atoms with E-state index in [1.807, 2.05) is 0 Å². The molecule has 0 saturated carbocycles. The van der Waals surface area contributed by atoms with Gasteiger partial charge in [0.25, 0.3) is 0 Å². The van der Waals surface area contributed by atoms with Crippen LogP contribution in [0.4, 0.5) is 0 Å². The van der Waals surface area contributed by atoms with Crippen molar-refractivity contribution in [1.29, 1.82) is 0 Å². The van der Waals surface area contributed by atoms with Gasteiger partial charge in [-0.05, 0) is 18.8 Å². The molecular weight excluding hydrogens is 156 g/mol. The second kappa shape index (κ2) is 8.34. The molecular formula is C13H26. The Balaban J connectivity index is 3.43. The molecule has 0 bridgehead atoms. The van der Waals surface area contributed by atoms with Crippen LogP contribution in [0.1, 0.15) is 59.8 Å². The van der Waals surface area contributed by atoms with Crippen molar-refractivity contribution >= 4 is 0 Å². The van der Waals surface area contributed by atoms with Crippen molar-refractivity contribution in [3.05, 3.63) is 12.2 Å². The van der Waals surface area contributed by atoms with Gasteiger partial charge < -0.3 is 0 Å². The van der Waals surface area contributed by atoms with Crippen molar-refractivity contribution in [2.24, 2.45) is 11.8 Å². The fourth-order valence-corrected chi connectivity index (χ4v) is 1.65. The van der Waals surface area contributed by atoms with Crippen molar-refractivity contribution in [3.63, 3.8) is 0 Å². The maximum Gasteiger partial charge on any atom is -0.0236 e. The van der Waals surface area contributed by atoms with Gasteiger partial charge in [0.15, 0.2) is 0 Å². The molecule has 0 nitrogen and oxygen atoms in total. The first-order valence-electron chi connectivity index (χ1n) is 5.85. The first-order chi connectivity index (χ1) is 6.22. The molecule has 0 rings (SSSR count). The average molecular weight is 182 g/mol. The van der Waals surface area contributed by atoms with Crippen LogP contribution >= 0.6 is 0 Å². The van der Waals surface area contributed by atoms with Gasteiger partial charge in [0.2, 0.25) is 0 Å². The molecule has 0 aliphatic carbocycles. The highest BCUT2D eigenvalue weighted by atomic mass is 14.1. The van der Waals surface area contributed by atoms with E-state index in [0.717, 1.165) is 11.8 Å². The molecule has 0 aromatic heterocycles. The van der Waals surface area contributed by atoms with Crippen LogP contribution in [0.2, 0.25) is 0 Å². The van der Waals surface area contributed by atoms with Gasteiger partial charge in [-0.2, -0.15) is 0 Å². The monoisotopic (exact) mass is 182 g/mol. The molecule has 2 atom stereocenters. The Hall–Kier alpha value is -0.260. The zero-order valence-corrected chi connectivity index (χ0v) is 9.84. The van der Waals surface area contributed by atoms with Crippen LogP contribution in [0, 0.1) is 11.8 Å². The SMILES string of the molecule is C/C=C\[C@@H](C)[C@H](C)CCCCCC. The van der Waals surface area contributed by atoms with Gasteiger partial charge in [0.05, 0.1) is 0 Å². The summed E-state index contributed by atoms with van der Waals surface area (Å²) in [5.41, 5.74) is 0. The Morgan fingerprint density at radius 2 is 1.77 bits per heavy atom. The van der Waals surface area contributed by atoms with Crippen molar-refractivity contribution in [2.75, 3.05) is 0 Å². The van der Waals surface area contributed by atoms with Gasteiger partial charge in [-0.15, -0.1) is 0 Å². The summed E-state index contributed by atoms with van der Waals surface area (Å²) in [6.45, 7) is 9.08. The van der Waals surface area contributed by atoms with Crippen molar-refractivity contribution < 1.29 is 0 Å². The lowest BCUT2D eigenvalue weighted by molar-refractivity contribution is 0.406. The summed E-state index contributed by atoms with van der Waals surface area (Å²) in [7, 11) is 0. The Morgan fingerprint density at radius 1 is 1.08 bits per heavy atom. The van der Waals surface area contributed by atoms with Crippen LogP contribution in [-0.4, -0.2) is 0 Å². The van der Waals surface area contributed by atoms with Crippen LogP contribution in [0.15, 0.2) is 12.2 Å². The molecule has 0 heterocycles. The molecule has 78 valence electrons. The van der Waals surface area contributed by atoms with Crippen molar-refractivity contribution in [2.45, 2.75) is 59.8 Å². The topological polar surface area (TPSA) is 0 Å². The summed E-state index contributed by atoms with van der Waals surface area (Å²) in [4.78, 5) is 0. The van der Waals surface area contributed by atoms with E-state index in [9.17, 15) is 0 Å². The lowest BCUT2D eigenvalue weighted by Crippen LogP contribution is -2.04.